The molecule has 0 spiro atoms. The number of nitrogens with one attached hydrogen (secondary N) is 2. The van der Waals surface area contributed by atoms with Gasteiger partial charge in [-0.3, -0.25) is 0 Å². The highest BCUT2D eigenvalue weighted by Gasteiger charge is 2.06. The van der Waals surface area contributed by atoms with E-state index in [1.54, 1.807) is 24.3 Å². The quantitative estimate of drug-likeness (QED) is 0.592. The number of nitriles is 1. The molecule has 2 aromatic carbocycles. The lowest BCUT2D eigenvalue weighted by atomic mass is 10.1. The summed E-state index contributed by atoms with van der Waals surface area (Å²) in [6.45, 7) is 5.73. The molecule has 0 aromatic heterocycles. The lowest BCUT2D eigenvalue weighted by molar-refractivity contribution is 0.223. The molecule has 2 aromatic rings. The minimum atomic E-state index is -0.285. The van der Waals surface area contributed by atoms with Crippen molar-refractivity contribution >= 4 is 5.96 Å². The Morgan fingerprint density at radius 1 is 1.15 bits per heavy atom. The van der Waals surface area contributed by atoms with Gasteiger partial charge in [0.15, 0.2) is 5.96 Å². The number of hydrogen-bond donors (Lipinski definition) is 2. The van der Waals surface area contributed by atoms with Crippen LogP contribution in [0.3, 0.4) is 0 Å². The number of rotatable bonds is 7. The number of nitrogens with zero attached hydrogens (tertiary/aromatic N) is 2. The fraction of sp³-hybridized carbons (Fsp3) is 0.300. The summed E-state index contributed by atoms with van der Waals surface area (Å²) >= 11 is 0. The number of hydrogen-bond acceptors (Lipinski definition) is 3. The van der Waals surface area contributed by atoms with Crippen molar-refractivity contribution in [2.24, 2.45) is 4.99 Å². The minimum Gasteiger partial charge on any atom is -0.489 e. The summed E-state index contributed by atoms with van der Waals surface area (Å²) in [6, 6.07) is 15.4. The van der Waals surface area contributed by atoms with Gasteiger partial charge in [0.2, 0.25) is 0 Å². The van der Waals surface area contributed by atoms with Crippen LogP contribution < -0.4 is 15.4 Å². The average Bonchev–Trinajstić information content (AvgIpc) is 2.66. The van der Waals surface area contributed by atoms with Crippen molar-refractivity contribution in [1.29, 1.82) is 5.26 Å². The largest absolute Gasteiger partial charge is 0.489 e. The van der Waals surface area contributed by atoms with Crippen LogP contribution in [0.1, 0.15) is 25.0 Å². The smallest absolute Gasteiger partial charge is 0.191 e. The molecule has 0 amide bonds. The normalized spacial score (nSPS) is 12.2. The SMILES string of the molecule is CCNC(=NCc1ccc(C#N)cc1)NCC(C)Oc1ccc(F)cc1. The maximum Gasteiger partial charge on any atom is 0.191 e. The van der Waals surface area contributed by atoms with E-state index in [1.165, 1.54) is 12.1 Å². The molecule has 26 heavy (non-hydrogen) atoms. The predicted octanol–water partition coefficient (Wildman–Crippen LogP) is 3.22. The molecular weight excluding hydrogens is 331 g/mol. The highest BCUT2D eigenvalue weighted by molar-refractivity contribution is 5.79. The van der Waals surface area contributed by atoms with Gasteiger partial charge in [-0.1, -0.05) is 12.1 Å². The Labute approximate surface area is 153 Å². The topological polar surface area (TPSA) is 69.4 Å². The van der Waals surface area contributed by atoms with Crippen molar-refractivity contribution in [2.75, 3.05) is 13.1 Å². The lowest BCUT2D eigenvalue weighted by Crippen LogP contribution is -2.41. The summed E-state index contributed by atoms with van der Waals surface area (Å²) in [4.78, 5) is 4.54. The van der Waals surface area contributed by atoms with Gasteiger partial charge in [0.1, 0.15) is 17.7 Å². The summed E-state index contributed by atoms with van der Waals surface area (Å²) in [7, 11) is 0. The van der Waals surface area contributed by atoms with Crippen molar-refractivity contribution in [3.63, 3.8) is 0 Å². The van der Waals surface area contributed by atoms with E-state index >= 15 is 0 Å². The summed E-state index contributed by atoms with van der Waals surface area (Å²) in [5, 5.41) is 15.2. The first-order valence-corrected chi connectivity index (χ1v) is 8.54. The van der Waals surface area contributed by atoms with Gasteiger partial charge < -0.3 is 15.4 Å². The number of aliphatic imine (C=N–C) groups is 1. The zero-order valence-corrected chi connectivity index (χ0v) is 15.0. The molecule has 136 valence electrons. The molecule has 0 aliphatic carbocycles. The van der Waals surface area contributed by atoms with Crippen molar-refractivity contribution in [2.45, 2.75) is 26.5 Å². The van der Waals surface area contributed by atoms with Gasteiger partial charge >= 0.3 is 0 Å². The van der Waals surface area contributed by atoms with Crippen LogP contribution in [0.15, 0.2) is 53.5 Å². The summed E-state index contributed by atoms with van der Waals surface area (Å²) < 4.78 is 18.7. The van der Waals surface area contributed by atoms with E-state index in [9.17, 15) is 4.39 Å². The number of benzene rings is 2. The van der Waals surface area contributed by atoms with Crippen molar-refractivity contribution in [3.8, 4) is 11.8 Å². The fourth-order valence-corrected chi connectivity index (χ4v) is 2.22. The standard InChI is InChI=1S/C20H23FN4O/c1-3-23-20(25-14-17-6-4-16(12-22)5-7-17)24-13-15(2)26-19-10-8-18(21)9-11-19/h4-11,15H,3,13-14H2,1-2H3,(H2,23,24,25). The maximum atomic E-state index is 12.9. The van der Waals surface area contributed by atoms with Gasteiger partial charge in [-0.25, -0.2) is 9.38 Å². The van der Waals surface area contributed by atoms with Gasteiger partial charge in [0, 0.05) is 6.54 Å². The van der Waals surface area contributed by atoms with Gasteiger partial charge in [-0.05, 0) is 55.8 Å². The maximum absolute atomic E-state index is 12.9. The Kier molecular flexibility index (Phi) is 7.44. The molecule has 0 heterocycles. The molecular formula is C20H23FN4O. The molecule has 5 nitrogen and oxygen atoms in total. The van der Waals surface area contributed by atoms with Crippen LogP contribution >= 0.6 is 0 Å². The molecule has 0 radical (unpaired) electrons. The molecule has 0 aliphatic rings. The van der Waals surface area contributed by atoms with Crippen LogP contribution in [-0.2, 0) is 6.54 Å². The Hall–Kier alpha value is -3.07. The van der Waals surface area contributed by atoms with E-state index in [2.05, 4.69) is 21.7 Å². The molecule has 0 bridgehead atoms. The second kappa shape index (κ2) is 10.0. The molecule has 0 saturated heterocycles. The molecule has 1 unspecified atom stereocenters. The third kappa shape index (κ3) is 6.44. The highest BCUT2D eigenvalue weighted by Crippen LogP contribution is 2.12. The first-order chi connectivity index (χ1) is 12.6. The molecule has 1 atom stereocenters. The molecule has 0 aliphatic heterocycles. The number of guanidine groups is 1. The minimum absolute atomic E-state index is 0.112. The lowest BCUT2D eigenvalue weighted by Gasteiger charge is -2.17. The van der Waals surface area contributed by atoms with Gasteiger partial charge in [0.25, 0.3) is 0 Å². The summed E-state index contributed by atoms with van der Waals surface area (Å²) in [5.74, 6) is 1.03. The van der Waals surface area contributed by atoms with E-state index in [1.807, 2.05) is 26.0 Å². The van der Waals surface area contributed by atoms with Gasteiger partial charge in [0.05, 0.1) is 24.7 Å². The highest BCUT2D eigenvalue weighted by atomic mass is 19.1. The molecule has 2 N–H and O–H groups in total. The van der Waals surface area contributed by atoms with E-state index in [-0.39, 0.29) is 11.9 Å². The molecule has 2 rings (SSSR count). The Morgan fingerprint density at radius 3 is 2.46 bits per heavy atom. The van der Waals surface area contributed by atoms with E-state index in [0.29, 0.717) is 30.4 Å². The monoisotopic (exact) mass is 354 g/mol. The fourth-order valence-electron chi connectivity index (χ4n) is 2.22. The van der Waals surface area contributed by atoms with Crippen LogP contribution in [0.5, 0.6) is 5.75 Å². The van der Waals surface area contributed by atoms with Crippen LogP contribution in [0, 0.1) is 17.1 Å². The first-order valence-electron chi connectivity index (χ1n) is 8.54. The average molecular weight is 354 g/mol. The van der Waals surface area contributed by atoms with Crippen LogP contribution in [0.2, 0.25) is 0 Å². The number of halogens is 1. The number of ether oxygens (including phenoxy) is 1. The van der Waals surface area contributed by atoms with Crippen molar-refractivity contribution < 1.29 is 9.13 Å². The predicted molar refractivity (Wildman–Crippen MR) is 100 cm³/mol. The molecule has 0 saturated carbocycles. The van der Waals surface area contributed by atoms with E-state index < -0.39 is 0 Å². The van der Waals surface area contributed by atoms with E-state index in [4.69, 9.17) is 10.00 Å². The van der Waals surface area contributed by atoms with Gasteiger partial charge in [-0.2, -0.15) is 5.26 Å². The van der Waals surface area contributed by atoms with Crippen LogP contribution in [-0.4, -0.2) is 25.2 Å². The zero-order chi connectivity index (χ0) is 18.8. The second-order valence-corrected chi connectivity index (χ2v) is 5.77. The Balaban J connectivity index is 1.87. The first kappa shape index (κ1) is 19.3. The second-order valence-electron chi connectivity index (χ2n) is 5.77. The Morgan fingerprint density at radius 2 is 1.85 bits per heavy atom. The molecule has 0 fully saturated rings. The van der Waals surface area contributed by atoms with E-state index in [0.717, 1.165) is 12.1 Å². The molecule has 6 heteroatoms. The van der Waals surface area contributed by atoms with Crippen LogP contribution in [0.4, 0.5) is 4.39 Å². The third-order valence-electron chi connectivity index (χ3n) is 3.55. The third-order valence-corrected chi connectivity index (χ3v) is 3.55. The van der Waals surface area contributed by atoms with Crippen LogP contribution in [0.25, 0.3) is 0 Å². The summed E-state index contributed by atoms with van der Waals surface area (Å²) in [5.41, 5.74) is 1.66. The summed E-state index contributed by atoms with van der Waals surface area (Å²) in [6.07, 6.45) is -0.112. The van der Waals surface area contributed by atoms with Crippen molar-refractivity contribution in [1.82, 2.24) is 10.6 Å². The Bertz CT molecular complexity index is 751. The zero-order valence-electron chi connectivity index (χ0n) is 15.0. The van der Waals surface area contributed by atoms with Gasteiger partial charge in [-0.15, -0.1) is 0 Å². The van der Waals surface area contributed by atoms with Crippen molar-refractivity contribution in [3.05, 3.63) is 65.5 Å².